The average Bonchev–Trinajstić information content (AvgIpc) is 3.38. The molecule has 0 aliphatic carbocycles. The Kier molecular flexibility index (Phi) is 10.5. The number of nitrogens with zero attached hydrogens (tertiary/aromatic N) is 2. The molecule has 1 fully saturated rings. The van der Waals surface area contributed by atoms with Gasteiger partial charge in [-0.15, -0.1) is 0 Å². The molecule has 2 heterocycles. The number of rotatable bonds is 12. The Bertz CT molecular complexity index is 1350. The van der Waals surface area contributed by atoms with Crippen molar-refractivity contribution in [3.63, 3.8) is 0 Å². The molecule has 4 rings (SSSR count). The summed E-state index contributed by atoms with van der Waals surface area (Å²) < 4.78 is 6.82. The summed E-state index contributed by atoms with van der Waals surface area (Å²) in [7, 11) is -2.90. The topological polar surface area (TPSA) is 90.3 Å². The molecule has 2 aliphatic heterocycles. The van der Waals surface area contributed by atoms with Crippen molar-refractivity contribution in [2.75, 3.05) is 24.6 Å². The zero-order valence-corrected chi connectivity index (χ0v) is 27.5. The SMILES string of the molecule is CC(C)=CCC/C(C)=C/CN1C(=O)[C@]2(O[C@H](CC(=O)N(CCO)Cc3ccccc3)[C@@H]([Si](C)(C)O)[C@@H]2C)c2ccccc21. The third-order valence-electron chi connectivity index (χ3n) is 8.92. The van der Waals surface area contributed by atoms with Gasteiger partial charge in [-0.25, -0.2) is 0 Å². The molecule has 2 N–H and O–H groups in total. The normalized spacial score (nSPS) is 23.5. The Balaban J connectivity index is 1.63. The van der Waals surface area contributed by atoms with E-state index in [0.29, 0.717) is 13.1 Å². The minimum Gasteiger partial charge on any atom is -0.432 e. The first-order valence-corrected chi connectivity index (χ1v) is 18.5. The number of hydrogen-bond donors (Lipinski definition) is 2. The van der Waals surface area contributed by atoms with Crippen LogP contribution in [0.15, 0.2) is 77.9 Å². The summed E-state index contributed by atoms with van der Waals surface area (Å²) in [6.07, 6.45) is 5.62. The van der Waals surface area contributed by atoms with Gasteiger partial charge in [-0.05, 0) is 58.3 Å². The number of ether oxygens (including phenoxy) is 1. The van der Waals surface area contributed by atoms with E-state index >= 15 is 0 Å². The maximum Gasteiger partial charge on any atom is 0.264 e. The average molecular weight is 605 g/mol. The lowest BCUT2D eigenvalue weighted by molar-refractivity contribution is -0.149. The highest BCUT2D eigenvalue weighted by Crippen LogP contribution is 2.59. The first-order valence-electron chi connectivity index (χ1n) is 15.4. The predicted molar refractivity (Wildman–Crippen MR) is 174 cm³/mol. The number of carbonyl (C=O) groups is 2. The highest BCUT2D eigenvalue weighted by molar-refractivity contribution is 6.71. The van der Waals surface area contributed by atoms with E-state index < -0.39 is 20.0 Å². The van der Waals surface area contributed by atoms with Gasteiger partial charge in [0.1, 0.15) is 0 Å². The van der Waals surface area contributed by atoms with Crippen LogP contribution in [0.2, 0.25) is 18.6 Å². The van der Waals surface area contributed by atoms with Crippen molar-refractivity contribution in [3.8, 4) is 0 Å². The summed E-state index contributed by atoms with van der Waals surface area (Å²) in [5.41, 5.74) is 3.49. The van der Waals surface area contributed by atoms with Crippen LogP contribution in [0.25, 0.3) is 0 Å². The maximum atomic E-state index is 14.5. The number of para-hydroxylation sites is 1. The van der Waals surface area contributed by atoms with E-state index in [1.54, 1.807) is 9.80 Å². The van der Waals surface area contributed by atoms with E-state index in [1.807, 2.05) is 74.6 Å². The quantitative estimate of drug-likeness (QED) is 0.231. The van der Waals surface area contributed by atoms with Gasteiger partial charge in [0.25, 0.3) is 5.91 Å². The van der Waals surface area contributed by atoms with Crippen LogP contribution in [-0.2, 0) is 26.5 Å². The number of hydrogen-bond acceptors (Lipinski definition) is 5. The van der Waals surface area contributed by atoms with Crippen molar-refractivity contribution < 1.29 is 24.2 Å². The first-order chi connectivity index (χ1) is 20.4. The van der Waals surface area contributed by atoms with E-state index in [-0.39, 0.29) is 42.8 Å². The minimum atomic E-state index is -2.90. The molecule has 0 aromatic heterocycles. The third-order valence-corrected chi connectivity index (χ3v) is 11.4. The Morgan fingerprint density at radius 3 is 2.40 bits per heavy atom. The molecule has 0 bridgehead atoms. The van der Waals surface area contributed by atoms with E-state index in [2.05, 4.69) is 32.9 Å². The standard InChI is InChI=1S/C35H48N2O5Si/c1-25(2)13-12-14-26(3)19-20-37-30-18-11-10-17-29(30)35(34(37)40)27(4)33(43(5,6)41)31(42-35)23-32(39)36(21-22-38)24-28-15-8-7-9-16-28/h7-11,13,15-19,27,31,33,38,41H,12,14,20-24H2,1-6H3/b26-19+/t27-,31+,33-,35+/m0/s1. The molecule has 1 saturated heterocycles. The lowest BCUT2D eigenvalue weighted by atomic mass is 9.82. The molecule has 8 heteroatoms. The van der Waals surface area contributed by atoms with Crippen molar-refractivity contribution in [2.45, 2.75) is 83.8 Å². The molecule has 7 nitrogen and oxygen atoms in total. The summed E-state index contributed by atoms with van der Waals surface area (Å²) in [5, 5.41) is 9.73. The number of fused-ring (bicyclic) bond motifs is 2. The fourth-order valence-electron chi connectivity index (χ4n) is 6.87. The summed E-state index contributed by atoms with van der Waals surface area (Å²) in [4.78, 5) is 43.2. The van der Waals surface area contributed by atoms with E-state index in [4.69, 9.17) is 4.74 Å². The fourth-order valence-corrected chi connectivity index (χ4v) is 9.42. The molecular formula is C35H48N2O5Si. The van der Waals surface area contributed by atoms with Gasteiger partial charge in [-0.1, -0.05) is 78.8 Å². The van der Waals surface area contributed by atoms with E-state index in [1.165, 1.54) is 11.1 Å². The molecular weight excluding hydrogens is 556 g/mol. The second kappa shape index (κ2) is 13.7. The van der Waals surface area contributed by atoms with Gasteiger partial charge in [-0.2, -0.15) is 0 Å². The summed E-state index contributed by atoms with van der Waals surface area (Å²) in [5.74, 6) is -0.635. The number of aliphatic hydroxyl groups is 1. The maximum absolute atomic E-state index is 14.5. The fraction of sp³-hybridized carbons (Fsp3) is 0.486. The molecule has 2 aromatic carbocycles. The van der Waals surface area contributed by atoms with Crippen LogP contribution in [-0.4, -0.2) is 60.7 Å². The summed E-state index contributed by atoms with van der Waals surface area (Å²) in [6, 6.07) is 17.4. The van der Waals surface area contributed by atoms with Crippen molar-refractivity contribution >= 4 is 25.8 Å². The van der Waals surface area contributed by atoms with Crippen LogP contribution in [0.1, 0.15) is 58.1 Å². The summed E-state index contributed by atoms with van der Waals surface area (Å²) in [6.45, 7) is 12.9. The molecule has 1 spiro atoms. The number of benzene rings is 2. The monoisotopic (exact) mass is 604 g/mol. The smallest absolute Gasteiger partial charge is 0.264 e. The van der Waals surface area contributed by atoms with Crippen LogP contribution in [0, 0.1) is 5.92 Å². The van der Waals surface area contributed by atoms with Crippen molar-refractivity contribution in [3.05, 3.63) is 89.0 Å². The van der Waals surface area contributed by atoms with Gasteiger partial charge in [-0.3, -0.25) is 9.59 Å². The second-order valence-electron chi connectivity index (χ2n) is 12.9. The Labute approximate surface area is 258 Å². The van der Waals surface area contributed by atoms with Crippen LogP contribution < -0.4 is 4.90 Å². The van der Waals surface area contributed by atoms with E-state index in [9.17, 15) is 19.5 Å². The molecule has 2 aromatic rings. The van der Waals surface area contributed by atoms with Gasteiger partial charge in [0.15, 0.2) is 13.9 Å². The zero-order chi connectivity index (χ0) is 31.4. The number of allylic oxidation sites excluding steroid dienone is 3. The summed E-state index contributed by atoms with van der Waals surface area (Å²) >= 11 is 0. The molecule has 0 unspecified atom stereocenters. The van der Waals surface area contributed by atoms with Gasteiger partial charge in [0.2, 0.25) is 5.91 Å². The van der Waals surface area contributed by atoms with E-state index in [0.717, 1.165) is 29.7 Å². The second-order valence-corrected chi connectivity index (χ2v) is 16.9. The minimum absolute atomic E-state index is 0.0272. The zero-order valence-electron chi connectivity index (χ0n) is 26.5. The molecule has 232 valence electrons. The molecule has 43 heavy (non-hydrogen) atoms. The van der Waals surface area contributed by atoms with Crippen molar-refractivity contribution in [2.24, 2.45) is 5.92 Å². The molecule has 0 saturated carbocycles. The first kappa shape index (κ1) is 32.9. The lowest BCUT2D eigenvalue weighted by Gasteiger charge is -2.32. The molecule has 4 atom stereocenters. The van der Waals surface area contributed by atoms with Crippen LogP contribution in [0.5, 0.6) is 0 Å². The van der Waals surface area contributed by atoms with Crippen LogP contribution in [0.3, 0.4) is 0 Å². The highest BCUT2D eigenvalue weighted by atomic mass is 28.4. The van der Waals surface area contributed by atoms with Crippen molar-refractivity contribution in [1.82, 2.24) is 4.90 Å². The number of anilines is 1. The molecule has 0 radical (unpaired) electrons. The largest absolute Gasteiger partial charge is 0.432 e. The highest BCUT2D eigenvalue weighted by Gasteiger charge is 2.66. The van der Waals surface area contributed by atoms with Gasteiger partial charge in [0.05, 0.1) is 24.8 Å². The number of carbonyl (C=O) groups excluding carboxylic acids is 2. The molecule has 2 aliphatic rings. The van der Waals surface area contributed by atoms with Gasteiger partial charge in [0, 0.05) is 36.7 Å². The lowest BCUT2D eigenvalue weighted by Crippen LogP contribution is -2.46. The van der Waals surface area contributed by atoms with Crippen LogP contribution in [0.4, 0.5) is 5.69 Å². The number of amides is 2. The van der Waals surface area contributed by atoms with Gasteiger partial charge < -0.3 is 24.4 Å². The Hall–Kier alpha value is -3.04. The van der Waals surface area contributed by atoms with Crippen molar-refractivity contribution in [1.29, 1.82) is 0 Å². The number of aliphatic hydroxyl groups excluding tert-OH is 1. The van der Waals surface area contributed by atoms with Crippen LogP contribution >= 0.6 is 0 Å². The molecule has 2 amide bonds. The predicted octanol–water partition coefficient (Wildman–Crippen LogP) is 5.93. The Morgan fingerprint density at radius 2 is 1.74 bits per heavy atom. The third kappa shape index (κ3) is 7.04. The Morgan fingerprint density at radius 1 is 1.07 bits per heavy atom. The van der Waals surface area contributed by atoms with Gasteiger partial charge >= 0.3 is 0 Å².